The maximum Gasteiger partial charge on any atom is 0.115 e. The number of hydrogen-bond acceptors (Lipinski definition) is 1. The number of aryl methyl sites for hydroxylation is 1. The van der Waals surface area contributed by atoms with Gasteiger partial charge in [-0.1, -0.05) is 25.8 Å². The van der Waals surface area contributed by atoms with Crippen LogP contribution in [0.1, 0.15) is 50.2 Å². The minimum Gasteiger partial charge on any atom is -0.508 e. The summed E-state index contributed by atoms with van der Waals surface area (Å²) < 4.78 is 0. The summed E-state index contributed by atoms with van der Waals surface area (Å²) in [5.74, 6) is 1.30. The Morgan fingerprint density at radius 3 is 3.00 bits per heavy atom. The normalized spacial score (nSPS) is 32.9. The van der Waals surface area contributed by atoms with E-state index in [4.69, 9.17) is 0 Å². The highest BCUT2D eigenvalue weighted by Crippen LogP contribution is 2.50. The molecule has 1 saturated carbocycles. The fourth-order valence-corrected chi connectivity index (χ4v) is 3.90. The monoisotopic (exact) mass is 216 g/mol. The standard InChI is InChI=1S/C15H20O/c1-15-9-3-2-4-12(15)6-5-11-10-13(16)7-8-14(11)15/h7-8,10,12,16H,2-6,9H2,1H3/t12-,15+/m0/s1. The third kappa shape index (κ3) is 1.37. The predicted octanol–water partition coefficient (Wildman–Crippen LogP) is 3.79. The van der Waals surface area contributed by atoms with Crippen LogP contribution in [0.2, 0.25) is 0 Å². The van der Waals surface area contributed by atoms with Gasteiger partial charge in [-0.15, -0.1) is 0 Å². The Hall–Kier alpha value is -0.980. The van der Waals surface area contributed by atoms with Crippen LogP contribution in [-0.4, -0.2) is 5.11 Å². The average Bonchev–Trinajstić information content (AvgIpc) is 2.28. The second kappa shape index (κ2) is 3.51. The van der Waals surface area contributed by atoms with E-state index in [0.717, 1.165) is 12.3 Å². The zero-order chi connectivity index (χ0) is 11.2. The van der Waals surface area contributed by atoms with Gasteiger partial charge in [0.25, 0.3) is 0 Å². The molecule has 0 heterocycles. The van der Waals surface area contributed by atoms with E-state index in [1.165, 1.54) is 43.2 Å². The fraction of sp³-hybridized carbons (Fsp3) is 0.600. The third-order valence-corrected chi connectivity index (χ3v) is 4.87. The first kappa shape index (κ1) is 10.2. The summed E-state index contributed by atoms with van der Waals surface area (Å²) in [6, 6.07) is 6.01. The van der Waals surface area contributed by atoms with Gasteiger partial charge in [0.05, 0.1) is 0 Å². The van der Waals surface area contributed by atoms with Crippen molar-refractivity contribution in [3.63, 3.8) is 0 Å². The Morgan fingerprint density at radius 2 is 2.12 bits per heavy atom. The first-order chi connectivity index (χ1) is 7.70. The van der Waals surface area contributed by atoms with Crippen molar-refractivity contribution in [3.8, 4) is 5.75 Å². The molecule has 0 radical (unpaired) electrons. The van der Waals surface area contributed by atoms with Crippen LogP contribution in [0.3, 0.4) is 0 Å². The molecular formula is C15H20O. The zero-order valence-corrected chi connectivity index (χ0v) is 10.00. The van der Waals surface area contributed by atoms with Gasteiger partial charge in [-0.05, 0) is 60.3 Å². The molecule has 0 amide bonds. The van der Waals surface area contributed by atoms with Crippen molar-refractivity contribution in [1.82, 2.24) is 0 Å². The number of phenols is 1. The fourth-order valence-electron chi connectivity index (χ4n) is 3.90. The van der Waals surface area contributed by atoms with Crippen LogP contribution < -0.4 is 0 Å². The smallest absolute Gasteiger partial charge is 0.115 e. The van der Waals surface area contributed by atoms with Crippen molar-refractivity contribution in [2.45, 2.75) is 50.9 Å². The number of hydrogen-bond donors (Lipinski definition) is 1. The van der Waals surface area contributed by atoms with E-state index < -0.39 is 0 Å². The lowest BCUT2D eigenvalue weighted by molar-refractivity contribution is 0.178. The topological polar surface area (TPSA) is 20.2 Å². The van der Waals surface area contributed by atoms with E-state index in [9.17, 15) is 5.11 Å². The van der Waals surface area contributed by atoms with E-state index in [1.807, 2.05) is 12.1 Å². The molecule has 3 rings (SSSR count). The highest BCUT2D eigenvalue weighted by Gasteiger charge is 2.41. The second-order valence-electron chi connectivity index (χ2n) is 5.74. The van der Waals surface area contributed by atoms with Gasteiger partial charge in [-0.3, -0.25) is 0 Å². The molecule has 1 heteroatoms. The van der Waals surface area contributed by atoms with Gasteiger partial charge < -0.3 is 5.11 Å². The van der Waals surface area contributed by atoms with E-state index in [1.54, 1.807) is 0 Å². The van der Waals surface area contributed by atoms with E-state index in [0.29, 0.717) is 11.2 Å². The Bertz CT molecular complexity index is 410. The van der Waals surface area contributed by atoms with Crippen molar-refractivity contribution >= 4 is 0 Å². The molecule has 0 unspecified atom stereocenters. The molecular weight excluding hydrogens is 196 g/mol. The summed E-state index contributed by atoms with van der Waals surface area (Å²) in [6.07, 6.45) is 7.98. The molecule has 86 valence electrons. The van der Waals surface area contributed by atoms with Crippen molar-refractivity contribution in [2.75, 3.05) is 0 Å². The van der Waals surface area contributed by atoms with Crippen LogP contribution in [0.25, 0.3) is 0 Å². The number of aromatic hydroxyl groups is 1. The summed E-state index contributed by atoms with van der Waals surface area (Å²) in [7, 11) is 0. The number of rotatable bonds is 0. The Kier molecular flexibility index (Phi) is 2.24. The van der Waals surface area contributed by atoms with Crippen LogP contribution in [-0.2, 0) is 11.8 Å². The summed E-state index contributed by atoms with van der Waals surface area (Å²) >= 11 is 0. The van der Waals surface area contributed by atoms with Crippen molar-refractivity contribution in [3.05, 3.63) is 29.3 Å². The molecule has 2 aliphatic carbocycles. The highest BCUT2D eigenvalue weighted by molar-refractivity contribution is 5.42. The molecule has 0 saturated heterocycles. The zero-order valence-electron chi connectivity index (χ0n) is 10.00. The highest BCUT2D eigenvalue weighted by atomic mass is 16.3. The number of phenolic OH excluding ortho intramolecular Hbond substituents is 1. The van der Waals surface area contributed by atoms with E-state index in [-0.39, 0.29) is 0 Å². The summed E-state index contributed by atoms with van der Waals surface area (Å²) in [5.41, 5.74) is 3.29. The van der Waals surface area contributed by atoms with Crippen LogP contribution in [0.4, 0.5) is 0 Å². The number of fused-ring (bicyclic) bond motifs is 3. The van der Waals surface area contributed by atoms with Crippen molar-refractivity contribution in [1.29, 1.82) is 0 Å². The van der Waals surface area contributed by atoms with E-state index in [2.05, 4.69) is 13.0 Å². The molecule has 1 aromatic rings. The average molecular weight is 216 g/mol. The first-order valence-electron chi connectivity index (χ1n) is 6.52. The van der Waals surface area contributed by atoms with Gasteiger partial charge in [-0.2, -0.15) is 0 Å². The molecule has 1 nitrogen and oxygen atoms in total. The summed E-state index contributed by atoms with van der Waals surface area (Å²) in [6.45, 7) is 2.44. The van der Waals surface area contributed by atoms with E-state index >= 15 is 0 Å². The maximum absolute atomic E-state index is 9.57. The Labute approximate surface area is 97.5 Å². The molecule has 1 aromatic carbocycles. The van der Waals surface area contributed by atoms with Crippen LogP contribution in [0.15, 0.2) is 18.2 Å². The SMILES string of the molecule is C[C@@]12CCCC[C@H]1CCc1cc(O)ccc12. The second-order valence-corrected chi connectivity index (χ2v) is 5.74. The maximum atomic E-state index is 9.57. The molecule has 0 aromatic heterocycles. The van der Waals surface area contributed by atoms with Gasteiger partial charge >= 0.3 is 0 Å². The van der Waals surface area contributed by atoms with Crippen LogP contribution >= 0.6 is 0 Å². The molecule has 0 bridgehead atoms. The lowest BCUT2D eigenvalue weighted by Crippen LogP contribution is -2.39. The predicted molar refractivity (Wildman–Crippen MR) is 65.7 cm³/mol. The third-order valence-electron chi connectivity index (χ3n) is 4.87. The Balaban J connectivity index is 2.09. The van der Waals surface area contributed by atoms with Crippen LogP contribution in [0, 0.1) is 5.92 Å². The van der Waals surface area contributed by atoms with Gasteiger partial charge in [0, 0.05) is 0 Å². The molecule has 16 heavy (non-hydrogen) atoms. The molecule has 0 spiro atoms. The van der Waals surface area contributed by atoms with Gasteiger partial charge in [0.1, 0.15) is 5.75 Å². The Morgan fingerprint density at radius 1 is 1.25 bits per heavy atom. The first-order valence-corrected chi connectivity index (χ1v) is 6.52. The molecule has 0 aliphatic heterocycles. The minimum atomic E-state index is 0.388. The summed E-state index contributed by atoms with van der Waals surface area (Å²) in [5, 5.41) is 9.57. The van der Waals surface area contributed by atoms with Gasteiger partial charge in [0.15, 0.2) is 0 Å². The van der Waals surface area contributed by atoms with Crippen molar-refractivity contribution < 1.29 is 5.11 Å². The summed E-state index contributed by atoms with van der Waals surface area (Å²) in [4.78, 5) is 0. The largest absolute Gasteiger partial charge is 0.508 e. The van der Waals surface area contributed by atoms with Crippen molar-refractivity contribution in [2.24, 2.45) is 5.92 Å². The number of benzene rings is 1. The minimum absolute atomic E-state index is 0.388. The van der Waals surface area contributed by atoms with Gasteiger partial charge in [0.2, 0.25) is 0 Å². The van der Waals surface area contributed by atoms with Crippen LogP contribution in [0.5, 0.6) is 5.75 Å². The molecule has 2 aliphatic rings. The lowest BCUT2D eigenvalue weighted by Gasteiger charge is -2.46. The molecule has 1 N–H and O–H groups in total. The quantitative estimate of drug-likeness (QED) is 0.699. The molecule has 2 atom stereocenters. The lowest BCUT2D eigenvalue weighted by atomic mass is 9.58. The van der Waals surface area contributed by atoms with Gasteiger partial charge in [-0.25, -0.2) is 0 Å². The molecule has 1 fully saturated rings.